The predicted molar refractivity (Wildman–Crippen MR) is 72.9 cm³/mol. The first-order valence-corrected chi connectivity index (χ1v) is 6.05. The van der Waals surface area contributed by atoms with Crippen LogP contribution in [0.5, 0.6) is 5.75 Å². The molecule has 96 valence electrons. The summed E-state index contributed by atoms with van der Waals surface area (Å²) in [7, 11) is 1.65. The lowest BCUT2D eigenvalue weighted by molar-refractivity contribution is 0.0377. The van der Waals surface area contributed by atoms with Crippen molar-refractivity contribution in [2.75, 3.05) is 7.11 Å². The van der Waals surface area contributed by atoms with Crippen molar-refractivity contribution in [1.29, 1.82) is 0 Å². The molecule has 3 rings (SSSR count). The first kappa shape index (κ1) is 11.7. The maximum Gasteiger partial charge on any atom is 0.202 e. The second-order valence-corrected chi connectivity index (χ2v) is 4.19. The summed E-state index contributed by atoms with van der Waals surface area (Å²) in [5.41, 5.74) is 4.87. The van der Waals surface area contributed by atoms with Crippen LogP contribution in [0.15, 0.2) is 59.6 Å². The van der Waals surface area contributed by atoms with Crippen molar-refractivity contribution < 1.29 is 9.57 Å². The standard InChI is InChI=1S/C15H14N2O2/c1-18-13-9-7-12(8-10-13)15-16-14(17-19-15)11-5-3-2-4-6-11/h2-10,15H,1H3,(H,16,17). The summed E-state index contributed by atoms with van der Waals surface area (Å²) in [6.45, 7) is 0. The molecule has 0 spiro atoms. The molecule has 1 aliphatic rings. The van der Waals surface area contributed by atoms with Crippen LogP contribution in [-0.4, -0.2) is 12.9 Å². The van der Waals surface area contributed by atoms with E-state index >= 15 is 0 Å². The van der Waals surface area contributed by atoms with Gasteiger partial charge in [0.2, 0.25) is 6.23 Å². The number of benzene rings is 2. The van der Waals surface area contributed by atoms with Crippen LogP contribution in [0.4, 0.5) is 0 Å². The van der Waals surface area contributed by atoms with E-state index in [1.807, 2.05) is 54.6 Å². The Labute approximate surface area is 111 Å². The fourth-order valence-corrected chi connectivity index (χ4v) is 1.92. The lowest BCUT2D eigenvalue weighted by atomic mass is 10.2. The quantitative estimate of drug-likeness (QED) is 0.915. The third-order valence-electron chi connectivity index (χ3n) is 2.96. The molecule has 0 saturated carbocycles. The average molecular weight is 254 g/mol. The third kappa shape index (κ3) is 2.44. The molecule has 0 bridgehead atoms. The number of hydrogen-bond acceptors (Lipinski definition) is 4. The Hall–Kier alpha value is -2.33. The van der Waals surface area contributed by atoms with Crippen LogP contribution in [0.3, 0.4) is 0 Å². The van der Waals surface area contributed by atoms with Crippen LogP contribution in [0.1, 0.15) is 17.4 Å². The summed E-state index contributed by atoms with van der Waals surface area (Å²) in [5.74, 6) is 1.57. The van der Waals surface area contributed by atoms with Crippen LogP contribution >= 0.6 is 0 Å². The van der Waals surface area contributed by atoms with Gasteiger partial charge < -0.3 is 4.74 Å². The fourth-order valence-electron chi connectivity index (χ4n) is 1.92. The molecule has 2 aromatic carbocycles. The molecule has 2 aromatic rings. The van der Waals surface area contributed by atoms with Gasteiger partial charge in [0.1, 0.15) is 5.75 Å². The zero-order valence-corrected chi connectivity index (χ0v) is 10.5. The van der Waals surface area contributed by atoms with Crippen molar-refractivity contribution in [3.63, 3.8) is 0 Å². The Morgan fingerprint density at radius 1 is 1.05 bits per heavy atom. The number of hydroxylamine groups is 1. The van der Waals surface area contributed by atoms with E-state index < -0.39 is 0 Å². The van der Waals surface area contributed by atoms with Gasteiger partial charge in [-0.25, -0.2) is 15.3 Å². The molecule has 1 N–H and O–H groups in total. The summed E-state index contributed by atoms with van der Waals surface area (Å²) in [5, 5.41) is 0. The number of nitrogens with zero attached hydrogens (tertiary/aromatic N) is 1. The molecule has 1 unspecified atom stereocenters. The van der Waals surface area contributed by atoms with Gasteiger partial charge >= 0.3 is 0 Å². The van der Waals surface area contributed by atoms with Gasteiger partial charge in [-0.1, -0.05) is 42.5 Å². The van der Waals surface area contributed by atoms with E-state index in [0.29, 0.717) is 0 Å². The van der Waals surface area contributed by atoms with E-state index in [9.17, 15) is 0 Å². The highest BCUT2D eigenvalue weighted by Gasteiger charge is 2.20. The Morgan fingerprint density at radius 3 is 2.47 bits per heavy atom. The van der Waals surface area contributed by atoms with Crippen molar-refractivity contribution in [3.05, 3.63) is 65.7 Å². The molecule has 0 amide bonds. The van der Waals surface area contributed by atoms with E-state index in [1.165, 1.54) is 0 Å². The van der Waals surface area contributed by atoms with E-state index in [-0.39, 0.29) is 6.23 Å². The minimum absolute atomic E-state index is 0.318. The van der Waals surface area contributed by atoms with Gasteiger partial charge in [-0.3, -0.25) is 0 Å². The van der Waals surface area contributed by atoms with Gasteiger partial charge in [-0.15, -0.1) is 0 Å². The molecule has 1 heterocycles. The first-order chi connectivity index (χ1) is 9.36. The summed E-state index contributed by atoms with van der Waals surface area (Å²) < 4.78 is 5.13. The molecule has 1 atom stereocenters. The molecule has 0 saturated heterocycles. The Balaban J connectivity index is 1.82. The topological polar surface area (TPSA) is 42.8 Å². The highest BCUT2D eigenvalue weighted by molar-refractivity contribution is 5.98. The molecule has 19 heavy (non-hydrogen) atoms. The van der Waals surface area contributed by atoms with Gasteiger partial charge in [0.05, 0.1) is 7.11 Å². The molecule has 4 nitrogen and oxygen atoms in total. The second-order valence-electron chi connectivity index (χ2n) is 4.19. The number of methoxy groups -OCH3 is 1. The van der Waals surface area contributed by atoms with Crippen molar-refractivity contribution in [3.8, 4) is 5.75 Å². The van der Waals surface area contributed by atoms with Crippen LogP contribution in [0, 0.1) is 0 Å². The predicted octanol–water partition coefficient (Wildman–Crippen LogP) is 2.68. The maximum absolute atomic E-state index is 5.49. The smallest absolute Gasteiger partial charge is 0.202 e. The Kier molecular flexibility index (Phi) is 3.16. The monoisotopic (exact) mass is 254 g/mol. The van der Waals surface area contributed by atoms with E-state index in [4.69, 9.17) is 9.57 Å². The SMILES string of the molecule is COc1ccc(C2N=C(c3ccccc3)NO2)cc1. The van der Waals surface area contributed by atoms with E-state index in [1.54, 1.807) is 7.11 Å². The molecule has 0 aromatic heterocycles. The highest BCUT2D eigenvalue weighted by Crippen LogP contribution is 2.24. The summed E-state index contributed by atoms with van der Waals surface area (Å²) in [6.07, 6.45) is -0.318. The zero-order chi connectivity index (χ0) is 13.1. The number of rotatable bonds is 3. The van der Waals surface area contributed by atoms with Gasteiger partial charge in [-0.05, 0) is 12.1 Å². The first-order valence-electron chi connectivity index (χ1n) is 6.05. The fraction of sp³-hybridized carbons (Fsp3) is 0.133. The molecule has 4 heteroatoms. The van der Waals surface area contributed by atoms with Gasteiger partial charge in [0, 0.05) is 11.1 Å². The van der Waals surface area contributed by atoms with Crippen molar-refractivity contribution >= 4 is 5.84 Å². The molecule has 0 fully saturated rings. The van der Waals surface area contributed by atoms with E-state index in [2.05, 4.69) is 10.5 Å². The highest BCUT2D eigenvalue weighted by atomic mass is 16.7. The van der Waals surface area contributed by atoms with Crippen molar-refractivity contribution in [2.45, 2.75) is 6.23 Å². The van der Waals surface area contributed by atoms with Crippen molar-refractivity contribution in [1.82, 2.24) is 5.48 Å². The van der Waals surface area contributed by atoms with Crippen molar-refractivity contribution in [2.24, 2.45) is 4.99 Å². The van der Waals surface area contributed by atoms with Crippen LogP contribution in [0.2, 0.25) is 0 Å². The lowest BCUT2D eigenvalue weighted by Crippen LogP contribution is -2.17. The normalized spacial score (nSPS) is 17.7. The molecule has 0 aliphatic carbocycles. The van der Waals surface area contributed by atoms with E-state index in [0.717, 1.165) is 22.7 Å². The molecular formula is C15H14N2O2. The molecular weight excluding hydrogens is 240 g/mol. The summed E-state index contributed by atoms with van der Waals surface area (Å²) in [6, 6.07) is 17.6. The van der Waals surface area contributed by atoms with Crippen LogP contribution in [-0.2, 0) is 4.84 Å². The Morgan fingerprint density at radius 2 is 1.79 bits per heavy atom. The summed E-state index contributed by atoms with van der Waals surface area (Å²) >= 11 is 0. The van der Waals surface area contributed by atoms with Gasteiger partial charge in [0.25, 0.3) is 0 Å². The molecule has 0 radical (unpaired) electrons. The minimum atomic E-state index is -0.318. The number of ether oxygens (including phenoxy) is 1. The molecule has 1 aliphatic heterocycles. The van der Waals surface area contributed by atoms with Gasteiger partial charge in [0.15, 0.2) is 5.84 Å². The largest absolute Gasteiger partial charge is 0.497 e. The summed E-state index contributed by atoms with van der Waals surface area (Å²) in [4.78, 5) is 10.0. The third-order valence-corrected chi connectivity index (χ3v) is 2.96. The Bertz CT molecular complexity index is 579. The average Bonchev–Trinajstić information content (AvgIpc) is 2.98. The number of aliphatic imine (C=N–C) groups is 1. The number of amidine groups is 1. The number of nitrogens with one attached hydrogen (secondary N) is 1. The van der Waals surface area contributed by atoms with Crippen LogP contribution < -0.4 is 10.2 Å². The maximum atomic E-state index is 5.49. The zero-order valence-electron chi connectivity index (χ0n) is 10.5. The minimum Gasteiger partial charge on any atom is -0.497 e. The second kappa shape index (κ2) is 5.12. The number of hydrogen-bond donors (Lipinski definition) is 1. The van der Waals surface area contributed by atoms with Crippen LogP contribution in [0.25, 0.3) is 0 Å². The van der Waals surface area contributed by atoms with Gasteiger partial charge in [-0.2, -0.15) is 0 Å². The lowest BCUT2D eigenvalue weighted by Gasteiger charge is -2.06.